The summed E-state index contributed by atoms with van der Waals surface area (Å²) in [5, 5.41) is 0. The maximum atomic E-state index is 5.63. The molecule has 3 nitrogen and oxygen atoms in total. The van der Waals surface area contributed by atoms with E-state index < -0.39 is 8.07 Å². The lowest BCUT2D eigenvalue weighted by Crippen LogP contribution is -2.22. The number of hydrogen-bond donors (Lipinski definition) is 0. The maximum Gasteiger partial charge on any atom is 0.127 e. The molecule has 86 valence electrons. The molecule has 0 N–H and O–H groups in total. The highest BCUT2D eigenvalue weighted by Crippen LogP contribution is 2.13. The molecule has 0 aliphatic carbocycles. The van der Waals surface area contributed by atoms with Crippen LogP contribution in [-0.2, 0) is 11.5 Å². The lowest BCUT2D eigenvalue weighted by molar-refractivity contribution is 0.0858. The van der Waals surface area contributed by atoms with Crippen molar-refractivity contribution in [2.45, 2.75) is 39.3 Å². The Morgan fingerprint density at radius 1 is 1.47 bits per heavy atom. The quantitative estimate of drug-likeness (QED) is 0.615. The molecule has 0 aliphatic heterocycles. The zero-order chi connectivity index (χ0) is 11.5. The zero-order valence-electron chi connectivity index (χ0n) is 9.88. The Morgan fingerprint density at radius 3 is 2.60 bits per heavy atom. The van der Waals surface area contributed by atoms with Crippen molar-refractivity contribution in [3.8, 4) is 0 Å². The summed E-state index contributed by atoms with van der Waals surface area (Å²) in [6.07, 6.45) is 1.80. The Balaban J connectivity index is 2.30. The first-order valence-electron chi connectivity index (χ1n) is 5.15. The standard InChI is InChI=1S/C10H19BrN2OSi/c1-9-10(11)12-7-13(9)8-14-5-6-15(2,3)4/h7H,5-6,8H2,1-4H3. The van der Waals surface area contributed by atoms with Crippen LogP contribution in [0.2, 0.25) is 25.7 Å². The molecule has 0 aliphatic rings. The van der Waals surface area contributed by atoms with Gasteiger partial charge in [-0.05, 0) is 28.9 Å². The molecule has 0 spiro atoms. The smallest absolute Gasteiger partial charge is 0.127 e. The van der Waals surface area contributed by atoms with Crippen LogP contribution < -0.4 is 0 Å². The second kappa shape index (κ2) is 5.27. The van der Waals surface area contributed by atoms with E-state index in [1.807, 2.05) is 11.5 Å². The molecule has 0 fully saturated rings. The molecule has 0 unspecified atom stereocenters. The Kier molecular flexibility index (Phi) is 4.55. The molecule has 0 radical (unpaired) electrons. The molecule has 1 aromatic heterocycles. The molecule has 0 bridgehead atoms. The lowest BCUT2D eigenvalue weighted by atomic mass is 10.5. The van der Waals surface area contributed by atoms with Crippen LogP contribution in [0.25, 0.3) is 0 Å². The fourth-order valence-corrected chi connectivity index (χ4v) is 2.17. The highest BCUT2D eigenvalue weighted by atomic mass is 79.9. The van der Waals surface area contributed by atoms with Crippen LogP contribution in [0.15, 0.2) is 10.9 Å². The van der Waals surface area contributed by atoms with E-state index in [0.717, 1.165) is 16.9 Å². The topological polar surface area (TPSA) is 27.1 Å². The van der Waals surface area contributed by atoms with Crippen LogP contribution in [0.1, 0.15) is 5.69 Å². The predicted octanol–water partition coefficient (Wildman–Crippen LogP) is 3.27. The van der Waals surface area contributed by atoms with Crippen LogP contribution in [-0.4, -0.2) is 24.2 Å². The third-order valence-corrected chi connectivity index (χ3v) is 4.75. The molecular formula is C10H19BrN2OSi. The second-order valence-corrected chi connectivity index (χ2v) is 11.3. The fraction of sp³-hybridized carbons (Fsp3) is 0.700. The summed E-state index contributed by atoms with van der Waals surface area (Å²) >= 11 is 3.38. The van der Waals surface area contributed by atoms with Gasteiger partial charge in [0.05, 0.1) is 12.0 Å². The van der Waals surface area contributed by atoms with E-state index in [1.165, 1.54) is 6.04 Å². The van der Waals surface area contributed by atoms with Gasteiger partial charge in [-0.3, -0.25) is 0 Å². The minimum atomic E-state index is -0.963. The van der Waals surface area contributed by atoms with E-state index >= 15 is 0 Å². The van der Waals surface area contributed by atoms with Gasteiger partial charge in [-0.2, -0.15) is 0 Å². The highest BCUT2D eigenvalue weighted by Gasteiger charge is 2.12. The number of nitrogens with zero attached hydrogens (tertiary/aromatic N) is 2. The molecular weight excluding hydrogens is 272 g/mol. The van der Waals surface area contributed by atoms with Gasteiger partial charge in [-0.25, -0.2) is 4.98 Å². The Morgan fingerprint density at radius 2 is 2.13 bits per heavy atom. The van der Waals surface area contributed by atoms with Gasteiger partial charge in [0.1, 0.15) is 11.3 Å². The molecule has 0 saturated carbocycles. The van der Waals surface area contributed by atoms with Crippen molar-refractivity contribution < 1.29 is 4.74 Å². The van der Waals surface area contributed by atoms with Gasteiger partial charge in [0.15, 0.2) is 0 Å². The van der Waals surface area contributed by atoms with Crippen molar-refractivity contribution >= 4 is 24.0 Å². The van der Waals surface area contributed by atoms with Crippen LogP contribution in [0.3, 0.4) is 0 Å². The third kappa shape index (κ3) is 4.48. The van der Waals surface area contributed by atoms with Crippen LogP contribution in [0, 0.1) is 6.92 Å². The summed E-state index contributed by atoms with van der Waals surface area (Å²) in [6, 6.07) is 1.21. The van der Waals surface area contributed by atoms with Crippen LogP contribution >= 0.6 is 15.9 Å². The van der Waals surface area contributed by atoms with Gasteiger partial charge in [0.25, 0.3) is 0 Å². The fourth-order valence-electron chi connectivity index (χ4n) is 1.09. The van der Waals surface area contributed by atoms with E-state index in [2.05, 4.69) is 40.6 Å². The lowest BCUT2D eigenvalue weighted by Gasteiger charge is -2.15. The Hall–Kier alpha value is -0.133. The van der Waals surface area contributed by atoms with Gasteiger partial charge in [0, 0.05) is 14.7 Å². The van der Waals surface area contributed by atoms with Gasteiger partial charge in [-0.15, -0.1) is 0 Å². The van der Waals surface area contributed by atoms with Crippen molar-refractivity contribution in [3.63, 3.8) is 0 Å². The average molecular weight is 291 g/mol. The minimum absolute atomic E-state index is 0.606. The van der Waals surface area contributed by atoms with E-state index in [-0.39, 0.29) is 0 Å². The molecule has 1 rings (SSSR count). The average Bonchev–Trinajstić information content (AvgIpc) is 2.42. The van der Waals surface area contributed by atoms with E-state index in [9.17, 15) is 0 Å². The summed E-state index contributed by atoms with van der Waals surface area (Å²) in [4.78, 5) is 4.15. The first kappa shape index (κ1) is 12.9. The van der Waals surface area contributed by atoms with Crippen molar-refractivity contribution in [3.05, 3.63) is 16.6 Å². The van der Waals surface area contributed by atoms with Crippen molar-refractivity contribution in [1.82, 2.24) is 9.55 Å². The number of ether oxygens (including phenoxy) is 1. The van der Waals surface area contributed by atoms with E-state index in [0.29, 0.717) is 6.73 Å². The SMILES string of the molecule is Cc1c(Br)ncn1COCC[Si](C)(C)C. The molecule has 0 amide bonds. The van der Waals surface area contributed by atoms with Crippen LogP contribution in [0.4, 0.5) is 0 Å². The molecule has 1 aromatic rings. The maximum absolute atomic E-state index is 5.63. The van der Waals surface area contributed by atoms with Gasteiger partial charge >= 0.3 is 0 Å². The summed E-state index contributed by atoms with van der Waals surface area (Å²) < 4.78 is 8.53. The highest BCUT2D eigenvalue weighted by molar-refractivity contribution is 9.10. The number of halogens is 1. The third-order valence-electron chi connectivity index (χ3n) is 2.27. The van der Waals surface area contributed by atoms with Gasteiger partial charge in [0.2, 0.25) is 0 Å². The minimum Gasteiger partial charge on any atom is -0.361 e. The molecule has 15 heavy (non-hydrogen) atoms. The molecule has 0 aromatic carbocycles. The van der Waals surface area contributed by atoms with Crippen molar-refractivity contribution in [1.29, 1.82) is 0 Å². The van der Waals surface area contributed by atoms with Gasteiger partial charge < -0.3 is 9.30 Å². The predicted molar refractivity (Wildman–Crippen MR) is 68.8 cm³/mol. The molecule has 5 heteroatoms. The number of aromatic nitrogens is 2. The largest absolute Gasteiger partial charge is 0.361 e. The number of rotatable bonds is 5. The van der Waals surface area contributed by atoms with E-state index in [1.54, 1.807) is 6.33 Å². The number of imidazole rings is 1. The first-order valence-corrected chi connectivity index (χ1v) is 9.65. The summed E-state index contributed by atoms with van der Waals surface area (Å²) in [5.74, 6) is 0. The summed E-state index contributed by atoms with van der Waals surface area (Å²) in [7, 11) is -0.963. The molecule has 1 heterocycles. The summed E-state index contributed by atoms with van der Waals surface area (Å²) in [5.41, 5.74) is 1.11. The van der Waals surface area contributed by atoms with Crippen molar-refractivity contribution in [2.24, 2.45) is 0 Å². The second-order valence-electron chi connectivity index (χ2n) is 4.94. The molecule has 0 atom stereocenters. The molecule has 0 saturated heterocycles. The summed E-state index contributed by atoms with van der Waals surface area (Å²) in [6.45, 7) is 10.6. The number of hydrogen-bond acceptors (Lipinski definition) is 2. The monoisotopic (exact) mass is 290 g/mol. The zero-order valence-corrected chi connectivity index (χ0v) is 12.5. The first-order chi connectivity index (χ1) is 6.90. The Bertz CT molecular complexity index is 320. The van der Waals surface area contributed by atoms with Crippen molar-refractivity contribution in [2.75, 3.05) is 6.61 Å². The van der Waals surface area contributed by atoms with Gasteiger partial charge in [-0.1, -0.05) is 19.6 Å². The van der Waals surface area contributed by atoms with Crippen LogP contribution in [0.5, 0.6) is 0 Å². The normalized spacial score (nSPS) is 12.1. The Labute approximate surface area is 101 Å². The van der Waals surface area contributed by atoms with E-state index in [4.69, 9.17) is 4.74 Å².